The second-order valence-electron chi connectivity index (χ2n) is 3.32. The molecule has 1 unspecified atom stereocenters. The van der Waals surface area contributed by atoms with Crippen molar-refractivity contribution in [3.05, 3.63) is 17.0 Å². The summed E-state index contributed by atoms with van der Waals surface area (Å²) in [5, 5.41) is 3.59. The Labute approximate surface area is 89.9 Å². The van der Waals surface area contributed by atoms with Crippen molar-refractivity contribution in [2.24, 2.45) is 0 Å². The third-order valence-electron chi connectivity index (χ3n) is 2.12. The van der Waals surface area contributed by atoms with Crippen LogP contribution in [0.3, 0.4) is 0 Å². The number of aromatic nitrogens is 2. The van der Waals surface area contributed by atoms with Gasteiger partial charge in [0, 0.05) is 17.8 Å². The average molecular weight is 214 g/mol. The molecular formula is C10H16ClN3. The molecule has 0 saturated heterocycles. The number of halogens is 1. The lowest BCUT2D eigenvalue weighted by Crippen LogP contribution is -2.15. The van der Waals surface area contributed by atoms with Gasteiger partial charge in [-0.15, -0.1) is 0 Å². The van der Waals surface area contributed by atoms with Crippen LogP contribution in [0.15, 0.2) is 6.07 Å². The van der Waals surface area contributed by atoms with Crippen LogP contribution < -0.4 is 5.32 Å². The molecule has 1 rings (SSSR count). The van der Waals surface area contributed by atoms with Crippen molar-refractivity contribution in [1.29, 1.82) is 0 Å². The largest absolute Gasteiger partial charge is 0.367 e. The van der Waals surface area contributed by atoms with E-state index in [2.05, 4.69) is 29.1 Å². The van der Waals surface area contributed by atoms with Gasteiger partial charge in [0.2, 0.25) is 5.28 Å². The summed E-state index contributed by atoms with van der Waals surface area (Å²) in [6, 6.07) is 2.35. The van der Waals surface area contributed by atoms with Gasteiger partial charge in [-0.25, -0.2) is 9.97 Å². The van der Waals surface area contributed by atoms with Crippen LogP contribution in [-0.2, 0) is 6.42 Å². The van der Waals surface area contributed by atoms with Crippen LogP contribution >= 0.6 is 11.6 Å². The molecule has 14 heavy (non-hydrogen) atoms. The Morgan fingerprint density at radius 3 is 2.71 bits per heavy atom. The van der Waals surface area contributed by atoms with Crippen molar-refractivity contribution in [3.8, 4) is 0 Å². The minimum absolute atomic E-state index is 0.315. The summed E-state index contributed by atoms with van der Waals surface area (Å²) in [5.41, 5.74) is 0.968. The SMILES string of the molecule is CCc1cc(NC(C)CC)nc(Cl)n1. The van der Waals surface area contributed by atoms with Gasteiger partial charge in [-0.3, -0.25) is 0 Å². The molecule has 4 heteroatoms. The molecule has 1 heterocycles. The molecule has 3 nitrogen and oxygen atoms in total. The summed E-state index contributed by atoms with van der Waals surface area (Å²) in [6.45, 7) is 6.29. The predicted octanol–water partition coefficient (Wildman–Crippen LogP) is 2.90. The molecule has 1 N–H and O–H groups in total. The fraction of sp³-hybridized carbons (Fsp3) is 0.600. The normalized spacial score (nSPS) is 12.6. The van der Waals surface area contributed by atoms with Crippen LogP contribution in [0.25, 0.3) is 0 Å². The highest BCUT2D eigenvalue weighted by atomic mass is 35.5. The Balaban J connectivity index is 2.81. The summed E-state index contributed by atoms with van der Waals surface area (Å²) < 4.78 is 0. The van der Waals surface area contributed by atoms with E-state index in [0.29, 0.717) is 11.3 Å². The van der Waals surface area contributed by atoms with Crippen molar-refractivity contribution in [2.45, 2.75) is 39.7 Å². The number of nitrogens with one attached hydrogen (secondary N) is 1. The van der Waals surface area contributed by atoms with E-state index in [1.807, 2.05) is 13.0 Å². The molecule has 1 atom stereocenters. The molecule has 0 aliphatic heterocycles. The highest BCUT2D eigenvalue weighted by Gasteiger charge is 2.03. The van der Waals surface area contributed by atoms with Crippen LogP contribution in [0.4, 0.5) is 5.82 Å². The maximum Gasteiger partial charge on any atom is 0.224 e. The van der Waals surface area contributed by atoms with Crippen molar-refractivity contribution in [3.63, 3.8) is 0 Å². The summed E-state index contributed by atoms with van der Waals surface area (Å²) in [7, 11) is 0. The number of nitrogens with zero attached hydrogens (tertiary/aromatic N) is 2. The highest BCUT2D eigenvalue weighted by Crippen LogP contribution is 2.12. The Bertz CT molecular complexity index is 301. The number of hydrogen-bond acceptors (Lipinski definition) is 3. The molecule has 0 aliphatic rings. The monoisotopic (exact) mass is 213 g/mol. The van der Waals surface area contributed by atoms with Gasteiger partial charge in [-0.05, 0) is 31.4 Å². The molecule has 0 spiro atoms. The number of anilines is 1. The Morgan fingerprint density at radius 2 is 2.14 bits per heavy atom. The van der Waals surface area contributed by atoms with Gasteiger partial charge in [0.15, 0.2) is 0 Å². The van der Waals surface area contributed by atoms with E-state index in [0.717, 1.165) is 24.4 Å². The predicted molar refractivity (Wildman–Crippen MR) is 59.8 cm³/mol. The van der Waals surface area contributed by atoms with Gasteiger partial charge in [-0.2, -0.15) is 0 Å². The highest BCUT2D eigenvalue weighted by molar-refractivity contribution is 6.28. The molecule has 0 amide bonds. The van der Waals surface area contributed by atoms with E-state index < -0.39 is 0 Å². The van der Waals surface area contributed by atoms with Gasteiger partial charge >= 0.3 is 0 Å². The van der Waals surface area contributed by atoms with E-state index in [4.69, 9.17) is 11.6 Å². The fourth-order valence-corrected chi connectivity index (χ4v) is 1.27. The van der Waals surface area contributed by atoms with Crippen molar-refractivity contribution in [1.82, 2.24) is 9.97 Å². The number of hydrogen-bond donors (Lipinski definition) is 1. The Morgan fingerprint density at radius 1 is 1.43 bits per heavy atom. The first-order valence-corrected chi connectivity index (χ1v) is 5.33. The van der Waals surface area contributed by atoms with Gasteiger partial charge in [0.25, 0.3) is 0 Å². The first kappa shape index (κ1) is 11.2. The van der Waals surface area contributed by atoms with E-state index in [1.54, 1.807) is 0 Å². The standard InChI is InChI=1S/C10H16ClN3/c1-4-7(3)12-9-6-8(5-2)13-10(11)14-9/h6-7H,4-5H2,1-3H3,(H,12,13,14). The maximum absolute atomic E-state index is 5.79. The third kappa shape index (κ3) is 3.14. The van der Waals surface area contributed by atoms with Crippen LogP contribution in [-0.4, -0.2) is 16.0 Å². The average Bonchev–Trinajstić information content (AvgIpc) is 2.16. The Hall–Kier alpha value is -0.830. The lowest BCUT2D eigenvalue weighted by molar-refractivity contribution is 0.757. The summed E-state index contributed by atoms with van der Waals surface area (Å²) in [5.74, 6) is 0.816. The van der Waals surface area contributed by atoms with Crippen molar-refractivity contribution < 1.29 is 0 Å². The minimum atomic E-state index is 0.315. The van der Waals surface area contributed by atoms with Crippen LogP contribution in [0.2, 0.25) is 5.28 Å². The van der Waals surface area contributed by atoms with Gasteiger partial charge in [0.1, 0.15) is 5.82 Å². The molecule has 78 valence electrons. The molecule has 0 radical (unpaired) electrons. The third-order valence-corrected chi connectivity index (χ3v) is 2.29. The Kier molecular flexibility index (Phi) is 4.14. The first-order chi connectivity index (χ1) is 6.65. The molecular weight excluding hydrogens is 198 g/mol. The zero-order valence-electron chi connectivity index (χ0n) is 8.84. The minimum Gasteiger partial charge on any atom is -0.367 e. The second-order valence-corrected chi connectivity index (χ2v) is 3.66. The quantitative estimate of drug-likeness (QED) is 0.782. The van der Waals surface area contributed by atoms with E-state index in [1.165, 1.54) is 0 Å². The lowest BCUT2D eigenvalue weighted by atomic mass is 10.2. The van der Waals surface area contributed by atoms with Crippen LogP contribution in [0.1, 0.15) is 32.9 Å². The zero-order chi connectivity index (χ0) is 10.6. The van der Waals surface area contributed by atoms with E-state index in [9.17, 15) is 0 Å². The lowest BCUT2D eigenvalue weighted by Gasteiger charge is -2.12. The summed E-state index contributed by atoms with van der Waals surface area (Å²) in [4.78, 5) is 8.21. The van der Waals surface area contributed by atoms with Crippen molar-refractivity contribution in [2.75, 3.05) is 5.32 Å². The van der Waals surface area contributed by atoms with Crippen LogP contribution in [0, 0.1) is 0 Å². The van der Waals surface area contributed by atoms with Crippen molar-refractivity contribution >= 4 is 17.4 Å². The topological polar surface area (TPSA) is 37.8 Å². The van der Waals surface area contributed by atoms with Gasteiger partial charge < -0.3 is 5.32 Å². The molecule has 0 aromatic carbocycles. The molecule has 0 aliphatic carbocycles. The second kappa shape index (κ2) is 5.15. The fourth-order valence-electron chi connectivity index (χ4n) is 1.07. The zero-order valence-corrected chi connectivity index (χ0v) is 9.60. The number of aryl methyl sites for hydroxylation is 1. The van der Waals surface area contributed by atoms with E-state index in [-0.39, 0.29) is 0 Å². The number of rotatable bonds is 4. The molecule has 1 aromatic heterocycles. The smallest absolute Gasteiger partial charge is 0.224 e. The molecule has 0 saturated carbocycles. The van der Waals surface area contributed by atoms with Gasteiger partial charge in [0.05, 0.1) is 0 Å². The maximum atomic E-state index is 5.79. The first-order valence-electron chi connectivity index (χ1n) is 4.95. The van der Waals surface area contributed by atoms with Gasteiger partial charge in [-0.1, -0.05) is 13.8 Å². The van der Waals surface area contributed by atoms with Crippen LogP contribution in [0.5, 0.6) is 0 Å². The molecule has 0 bridgehead atoms. The summed E-state index contributed by atoms with van der Waals surface area (Å²) in [6.07, 6.45) is 1.93. The van der Waals surface area contributed by atoms with E-state index >= 15 is 0 Å². The molecule has 1 aromatic rings. The molecule has 0 fully saturated rings. The summed E-state index contributed by atoms with van der Waals surface area (Å²) >= 11 is 5.79.